The first-order valence-electron chi connectivity index (χ1n) is 5.47. The minimum absolute atomic E-state index is 0.273. The van der Waals surface area contributed by atoms with Crippen molar-refractivity contribution in [1.82, 2.24) is 0 Å². The van der Waals surface area contributed by atoms with Gasteiger partial charge < -0.3 is 9.84 Å². The van der Waals surface area contributed by atoms with Crippen molar-refractivity contribution in [2.45, 2.75) is 46.1 Å². The van der Waals surface area contributed by atoms with Crippen LogP contribution in [-0.2, 0) is 14.3 Å². The van der Waals surface area contributed by atoms with Gasteiger partial charge in [0.25, 0.3) is 0 Å². The Balaban J connectivity index is 4.46. The third-order valence-electron chi connectivity index (χ3n) is 2.69. The summed E-state index contributed by atoms with van der Waals surface area (Å²) >= 11 is 0. The van der Waals surface area contributed by atoms with Gasteiger partial charge in [-0.3, -0.25) is 0 Å². The molecule has 0 saturated carbocycles. The predicted octanol–water partition coefficient (Wildman–Crippen LogP) is 2.39. The smallest absolute Gasteiger partial charge is 0.331 e. The molecule has 0 saturated heterocycles. The Morgan fingerprint density at radius 1 is 1.25 bits per heavy atom. The lowest BCUT2D eigenvalue weighted by molar-refractivity contribution is -0.156. The first kappa shape index (κ1) is 14.7. The topological polar surface area (TPSA) is 63.6 Å². The van der Waals surface area contributed by atoms with Gasteiger partial charge in [-0.1, -0.05) is 13.8 Å². The van der Waals surface area contributed by atoms with Gasteiger partial charge in [-0.15, -0.1) is 0 Å². The van der Waals surface area contributed by atoms with E-state index >= 15 is 0 Å². The lowest BCUT2D eigenvalue weighted by Crippen LogP contribution is -2.35. The number of carbonyl (C=O) groups is 2. The molecule has 0 bridgehead atoms. The molecule has 0 unspecified atom stereocenters. The maximum Gasteiger partial charge on any atom is 0.331 e. The fourth-order valence-corrected chi connectivity index (χ4v) is 1.79. The lowest BCUT2D eigenvalue weighted by atomic mass is 9.86. The molecule has 0 aromatic carbocycles. The van der Waals surface area contributed by atoms with Gasteiger partial charge in [0.1, 0.15) is 5.60 Å². The van der Waals surface area contributed by atoms with E-state index in [4.69, 9.17) is 9.84 Å². The molecular formula is C12H20O4. The van der Waals surface area contributed by atoms with Crippen LogP contribution in [0.1, 0.15) is 40.5 Å². The lowest BCUT2D eigenvalue weighted by Gasteiger charge is -2.32. The largest absolute Gasteiger partial charge is 0.478 e. The normalized spacial score (nSPS) is 12.1. The molecule has 4 nitrogen and oxygen atoms in total. The van der Waals surface area contributed by atoms with E-state index in [-0.39, 0.29) is 5.92 Å². The zero-order valence-corrected chi connectivity index (χ0v) is 10.3. The molecule has 16 heavy (non-hydrogen) atoms. The summed E-state index contributed by atoms with van der Waals surface area (Å²) in [6, 6.07) is 0. The maximum absolute atomic E-state index is 11.3. The molecule has 0 aliphatic rings. The summed E-state index contributed by atoms with van der Waals surface area (Å²) in [4.78, 5) is 21.5. The van der Waals surface area contributed by atoms with Crippen LogP contribution in [0.5, 0.6) is 0 Å². The monoisotopic (exact) mass is 228 g/mol. The van der Waals surface area contributed by atoms with Crippen LogP contribution in [0, 0.1) is 5.92 Å². The number of carbonyl (C=O) groups excluding carboxylic acids is 1. The third-order valence-corrected chi connectivity index (χ3v) is 2.69. The number of aliphatic carboxylic acids is 1. The third kappa shape index (κ3) is 4.96. The van der Waals surface area contributed by atoms with E-state index in [2.05, 4.69) is 0 Å². The van der Waals surface area contributed by atoms with Crippen molar-refractivity contribution >= 4 is 11.9 Å². The summed E-state index contributed by atoms with van der Waals surface area (Å²) in [6.07, 6.45) is 3.55. The highest BCUT2D eigenvalue weighted by Crippen LogP contribution is 2.27. The van der Waals surface area contributed by atoms with Crippen LogP contribution in [0.25, 0.3) is 0 Å². The number of ether oxygens (including phenoxy) is 1. The van der Waals surface area contributed by atoms with Crippen molar-refractivity contribution < 1.29 is 19.4 Å². The molecule has 0 amide bonds. The van der Waals surface area contributed by atoms with Gasteiger partial charge in [0.2, 0.25) is 0 Å². The van der Waals surface area contributed by atoms with E-state index in [1.165, 1.54) is 0 Å². The summed E-state index contributed by atoms with van der Waals surface area (Å²) in [5, 5.41) is 8.37. The number of carboxylic acids is 1. The van der Waals surface area contributed by atoms with Crippen molar-refractivity contribution in [2.24, 2.45) is 5.92 Å². The molecule has 0 aromatic rings. The average molecular weight is 228 g/mol. The Morgan fingerprint density at radius 3 is 2.12 bits per heavy atom. The second-order valence-electron chi connectivity index (χ2n) is 4.21. The average Bonchev–Trinajstić information content (AvgIpc) is 2.15. The van der Waals surface area contributed by atoms with Crippen LogP contribution in [-0.4, -0.2) is 22.6 Å². The molecule has 0 aliphatic carbocycles. The number of esters is 1. The second-order valence-corrected chi connectivity index (χ2v) is 4.21. The molecule has 0 fully saturated rings. The molecule has 4 heteroatoms. The van der Waals surface area contributed by atoms with Crippen LogP contribution in [0.3, 0.4) is 0 Å². The van der Waals surface area contributed by atoms with Crippen molar-refractivity contribution in [2.75, 3.05) is 0 Å². The van der Waals surface area contributed by atoms with Crippen LogP contribution in [0.4, 0.5) is 0 Å². The first-order chi connectivity index (χ1) is 7.33. The van der Waals surface area contributed by atoms with Gasteiger partial charge >= 0.3 is 11.9 Å². The van der Waals surface area contributed by atoms with Crippen molar-refractivity contribution in [3.63, 3.8) is 0 Å². The highest BCUT2D eigenvalue weighted by atomic mass is 16.6. The molecule has 0 aromatic heterocycles. The zero-order valence-electron chi connectivity index (χ0n) is 10.3. The molecule has 0 radical (unpaired) electrons. The Labute approximate surface area is 96.3 Å². The number of hydrogen-bond acceptors (Lipinski definition) is 3. The van der Waals surface area contributed by atoms with Gasteiger partial charge in [-0.05, 0) is 32.6 Å². The Morgan fingerprint density at radius 2 is 1.75 bits per heavy atom. The first-order valence-corrected chi connectivity index (χ1v) is 5.47. The quantitative estimate of drug-likeness (QED) is 0.560. The molecule has 1 N–H and O–H groups in total. The number of rotatable bonds is 6. The molecule has 0 aliphatic heterocycles. The number of hydrogen-bond donors (Lipinski definition) is 1. The Hall–Kier alpha value is -1.32. The molecule has 92 valence electrons. The van der Waals surface area contributed by atoms with Crippen LogP contribution >= 0.6 is 0 Å². The van der Waals surface area contributed by atoms with Gasteiger partial charge in [0.15, 0.2) is 0 Å². The molecular weight excluding hydrogens is 208 g/mol. The maximum atomic E-state index is 11.3. The summed E-state index contributed by atoms with van der Waals surface area (Å²) in [5.41, 5.74) is -0.566. The van der Waals surface area contributed by atoms with E-state index in [1.54, 1.807) is 0 Å². The Bertz CT molecular complexity index is 275. The van der Waals surface area contributed by atoms with Crippen molar-refractivity contribution in [3.8, 4) is 0 Å². The van der Waals surface area contributed by atoms with E-state index in [1.807, 2.05) is 27.7 Å². The Kier molecular flexibility index (Phi) is 5.78. The summed E-state index contributed by atoms with van der Waals surface area (Å²) in [5.74, 6) is -1.49. The fraction of sp³-hybridized carbons (Fsp3) is 0.667. The molecule has 0 atom stereocenters. The highest BCUT2D eigenvalue weighted by Gasteiger charge is 2.30. The highest BCUT2D eigenvalue weighted by molar-refractivity contribution is 5.90. The SMILES string of the molecule is CCC(CC)C(C)(C)OC(=O)/C=C\C(=O)O. The van der Waals surface area contributed by atoms with Crippen LogP contribution in [0.2, 0.25) is 0 Å². The minimum Gasteiger partial charge on any atom is -0.478 e. The van der Waals surface area contributed by atoms with Gasteiger partial charge in [0, 0.05) is 12.2 Å². The summed E-state index contributed by atoms with van der Waals surface area (Å²) in [6.45, 7) is 7.77. The molecule has 0 rings (SSSR count). The summed E-state index contributed by atoms with van der Waals surface area (Å²) in [7, 11) is 0. The van der Waals surface area contributed by atoms with Gasteiger partial charge in [-0.2, -0.15) is 0 Å². The van der Waals surface area contributed by atoms with Crippen LogP contribution in [0.15, 0.2) is 12.2 Å². The zero-order chi connectivity index (χ0) is 12.8. The standard InChI is InChI=1S/C12H20O4/c1-5-9(6-2)12(3,4)16-11(15)8-7-10(13)14/h7-9H,5-6H2,1-4H3,(H,13,14)/b8-7-. The second kappa shape index (κ2) is 6.30. The molecule has 0 heterocycles. The van der Waals surface area contributed by atoms with E-state index in [0.29, 0.717) is 0 Å². The van der Waals surface area contributed by atoms with Crippen LogP contribution < -0.4 is 0 Å². The predicted molar refractivity (Wildman–Crippen MR) is 61.0 cm³/mol. The van der Waals surface area contributed by atoms with Gasteiger partial charge in [0.05, 0.1) is 0 Å². The minimum atomic E-state index is -1.16. The molecule has 0 spiro atoms. The van der Waals surface area contributed by atoms with Crippen molar-refractivity contribution in [3.05, 3.63) is 12.2 Å². The van der Waals surface area contributed by atoms with Crippen molar-refractivity contribution in [1.29, 1.82) is 0 Å². The van der Waals surface area contributed by atoms with E-state index in [0.717, 1.165) is 25.0 Å². The summed E-state index contributed by atoms with van der Waals surface area (Å²) < 4.78 is 5.24. The van der Waals surface area contributed by atoms with E-state index < -0.39 is 17.5 Å². The fourth-order valence-electron chi connectivity index (χ4n) is 1.79. The van der Waals surface area contributed by atoms with Gasteiger partial charge in [-0.25, -0.2) is 9.59 Å². The van der Waals surface area contributed by atoms with E-state index in [9.17, 15) is 9.59 Å². The number of carboxylic acid groups (broad SMARTS) is 1.